The van der Waals surface area contributed by atoms with Gasteiger partial charge in [0.1, 0.15) is 24.4 Å². The van der Waals surface area contributed by atoms with Crippen LogP contribution in [0.2, 0.25) is 0 Å². The lowest BCUT2D eigenvalue weighted by Crippen LogP contribution is -2.60. The summed E-state index contributed by atoms with van der Waals surface area (Å²) < 4.78 is 16.6. The molecule has 1 heterocycles. The zero-order chi connectivity index (χ0) is 52.4. The first-order valence-electron chi connectivity index (χ1n) is 29.9. The minimum atomic E-state index is -1.58. The van der Waals surface area contributed by atoms with Crippen LogP contribution >= 0.6 is 0 Å². The number of unbranched alkanes of at least 4 members (excludes halogenated alkanes) is 31. The number of ether oxygens (including phenoxy) is 3. The second kappa shape index (κ2) is 50.8. The Morgan fingerprint density at radius 3 is 1.49 bits per heavy atom. The van der Waals surface area contributed by atoms with E-state index < -0.39 is 49.5 Å². The maximum absolute atomic E-state index is 13.0. The number of hydrogen-bond donors (Lipinski definition) is 6. The van der Waals surface area contributed by atoms with Gasteiger partial charge in [0.15, 0.2) is 6.29 Å². The molecule has 0 aliphatic carbocycles. The van der Waals surface area contributed by atoms with Gasteiger partial charge in [-0.1, -0.05) is 217 Å². The van der Waals surface area contributed by atoms with Gasteiger partial charge >= 0.3 is 5.97 Å². The number of rotatable bonds is 51. The van der Waals surface area contributed by atoms with Gasteiger partial charge in [-0.2, -0.15) is 0 Å². The first-order chi connectivity index (χ1) is 35.2. The van der Waals surface area contributed by atoms with Gasteiger partial charge in [0.05, 0.1) is 32.0 Å². The average Bonchev–Trinajstić information content (AvgIpc) is 3.38. The molecule has 420 valence electrons. The Morgan fingerprint density at radius 1 is 0.514 bits per heavy atom. The third-order valence-corrected chi connectivity index (χ3v) is 13.9. The average molecular weight is 1020 g/mol. The topological polar surface area (TPSA) is 175 Å². The predicted molar refractivity (Wildman–Crippen MR) is 297 cm³/mol. The highest BCUT2D eigenvalue weighted by Crippen LogP contribution is 2.23. The number of nitrogens with one attached hydrogen (secondary N) is 1. The third kappa shape index (κ3) is 40.0. The fourth-order valence-electron chi connectivity index (χ4n) is 9.13. The number of aliphatic hydroxyl groups excluding tert-OH is 5. The standard InChI is InChI=1S/C61H111NO10/c1-3-5-7-9-11-13-14-15-16-17-20-23-26-29-33-37-41-45-49-57(66)70-50-46-42-38-34-30-27-24-21-18-19-22-25-28-32-36-40-44-48-56(65)62-53(54(64)47-43-39-35-31-12-10-8-6-4-2)52-71-61-60(69)59(68)58(67)55(51-63)72-61/h12,18,21,27,30-31,43,47,53-55,58-61,63-64,67-69H,3-11,13-17,19-20,22-26,28-29,32-42,44-46,48-52H2,1-2H3,(H,62,65)/b21-18-,30-27-,31-12+,47-43+. The van der Waals surface area contributed by atoms with E-state index in [4.69, 9.17) is 14.2 Å². The summed E-state index contributed by atoms with van der Waals surface area (Å²) in [5.74, 6) is -0.241. The van der Waals surface area contributed by atoms with Gasteiger partial charge in [0.25, 0.3) is 0 Å². The van der Waals surface area contributed by atoms with Gasteiger partial charge in [-0.25, -0.2) is 0 Å². The van der Waals surface area contributed by atoms with Crippen molar-refractivity contribution in [2.45, 2.75) is 307 Å². The molecule has 0 aromatic rings. The molecule has 0 aromatic heterocycles. The van der Waals surface area contributed by atoms with Crippen molar-refractivity contribution in [1.29, 1.82) is 0 Å². The molecule has 1 rings (SSSR count). The molecule has 0 bridgehead atoms. The lowest BCUT2D eigenvalue weighted by Gasteiger charge is -2.40. The van der Waals surface area contributed by atoms with Gasteiger partial charge in [-0.3, -0.25) is 9.59 Å². The van der Waals surface area contributed by atoms with Crippen molar-refractivity contribution in [3.63, 3.8) is 0 Å². The third-order valence-electron chi connectivity index (χ3n) is 13.9. The van der Waals surface area contributed by atoms with E-state index in [1.807, 2.05) is 6.08 Å². The number of esters is 1. The highest BCUT2D eigenvalue weighted by Gasteiger charge is 2.44. The maximum atomic E-state index is 13.0. The number of hydrogen-bond acceptors (Lipinski definition) is 10. The van der Waals surface area contributed by atoms with Crippen LogP contribution in [0.4, 0.5) is 0 Å². The summed E-state index contributed by atoms with van der Waals surface area (Å²) >= 11 is 0. The SMILES string of the molecule is CCCCC/C=C/CC/C=C/C(O)C(COC1OC(CO)C(O)C(O)C1O)NC(=O)CCCCCCCCC/C=C\C/C=C\CCCCCOC(=O)CCCCCCCCCCCCCCCCCCCC. The lowest BCUT2D eigenvalue weighted by molar-refractivity contribution is -0.302. The highest BCUT2D eigenvalue weighted by atomic mass is 16.7. The Bertz CT molecular complexity index is 1340. The number of carbonyl (C=O) groups is 2. The van der Waals surface area contributed by atoms with Crippen molar-refractivity contribution in [3.05, 3.63) is 48.6 Å². The van der Waals surface area contributed by atoms with Crippen LogP contribution in [0, 0.1) is 0 Å². The number of aliphatic hydroxyl groups is 5. The van der Waals surface area contributed by atoms with Gasteiger partial charge in [-0.15, -0.1) is 0 Å². The van der Waals surface area contributed by atoms with E-state index in [0.717, 1.165) is 96.3 Å². The molecular formula is C61H111NO10. The zero-order valence-electron chi connectivity index (χ0n) is 46.1. The van der Waals surface area contributed by atoms with Crippen molar-refractivity contribution in [1.82, 2.24) is 5.32 Å². The molecule has 7 unspecified atom stereocenters. The summed E-state index contributed by atoms with van der Waals surface area (Å²) in [5, 5.41) is 54.1. The Kier molecular flexibility index (Phi) is 47.7. The molecule has 11 heteroatoms. The summed E-state index contributed by atoms with van der Waals surface area (Å²) in [6.45, 7) is 4.22. The van der Waals surface area contributed by atoms with Crippen LogP contribution in [0.3, 0.4) is 0 Å². The minimum absolute atomic E-state index is 0.0293. The molecule has 0 radical (unpaired) electrons. The zero-order valence-corrected chi connectivity index (χ0v) is 46.1. The van der Waals surface area contributed by atoms with Crippen molar-refractivity contribution in [3.8, 4) is 0 Å². The molecule has 72 heavy (non-hydrogen) atoms. The molecule has 11 nitrogen and oxygen atoms in total. The van der Waals surface area contributed by atoms with Gasteiger partial charge in [-0.05, 0) is 83.5 Å². The van der Waals surface area contributed by atoms with E-state index in [1.165, 1.54) is 141 Å². The lowest BCUT2D eigenvalue weighted by atomic mass is 9.99. The van der Waals surface area contributed by atoms with Crippen LogP contribution in [-0.2, 0) is 23.8 Å². The molecule has 1 fully saturated rings. The van der Waals surface area contributed by atoms with Crippen LogP contribution < -0.4 is 5.32 Å². The van der Waals surface area contributed by atoms with E-state index in [9.17, 15) is 35.1 Å². The molecule has 1 aliphatic rings. The molecule has 1 saturated heterocycles. The van der Waals surface area contributed by atoms with E-state index in [1.54, 1.807) is 6.08 Å². The summed E-state index contributed by atoms with van der Waals surface area (Å²) in [5.41, 5.74) is 0. The van der Waals surface area contributed by atoms with Crippen LogP contribution in [-0.4, -0.2) is 100 Å². The predicted octanol–water partition coefficient (Wildman–Crippen LogP) is 13.7. The molecule has 6 N–H and O–H groups in total. The number of allylic oxidation sites excluding steroid dienone is 7. The highest BCUT2D eigenvalue weighted by molar-refractivity contribution is 5.76. The van der Waals surface area contributed by atoms with E-state index in [-0.39, 0.29) is 18.5 Å². The second-order valence-electron chi connectivity index (χ2n) is 20.7. The van der Waals surface area contributed by atoms with Gasteiger partial charge in [0.2, 0.25) is 5.91 Å². The summed E-state index contributed by atoms with van der Waals surface area (Å²) in [6.07, 6.45) is 53.7. The van der Waals surface area contributed by atoms with Crippen LogP contribution in [0.15, 0.2) is 48.6 Å². The van der Waals surface area contributed by atoms with Gasteiger partial charge < -0.3 is 45.1 Å². The monoisotopic (exact) mass is 1020 g/mol. The van der Waals surface area contributed by atoms with Crippen molar-refractivity contribution >= 4 is 11.9 Å². The Labute approximate surface area is 440 Å². The summed E-state index contributed by atoms with van der Waals surface area (Å²) in [6, 6.07) is -0.839. The Hall–Kier alpha value is -2.38. The van der Waals surface area contributed by atoms with E-state index in [2.05, 4.69) is 55.6 Å². The van der Waals surface area contributed by atoms with Crippen LogP contribution in [0.5, 0.6) is 0 Å². The number of amides is 1. The van der Waals surface area contributed by atoms with Crippen molar-refractivity contribution in [2.24, 2.45) is 0 Å². The fourth-order valence-corrected chi connectivity index (χ4v) is 9.13. The Morgan fingerprint density at radius 2 is 0.944 bits per heavy atom. The van der Waals surface area contributed by atoms with Crippen LogP contribution in [0.25, 0.3) is 0 Å². The quantitative estimate of drug-likeness (QED) is 0.0195. The Balaban J connectivity index is 2.05. The van der Waals surface area contributed by atoms with Gasteiger partial charge in [0, 0.05) is 12.8 Å². The van der Waals surface area contributed by atoms with E-state index in [0.29, 0.717) is 19.4 Å². The van der Waals surface area contributed by atoms with Crippen molar-refractivity contribution in [2.75, 3.05) is 19.8 Å². The fraction of sp³-hybridized carbons (Fsp3) is 0.836. The second-order valence-corrected chi connectivity index (χ2v) is 20.7. The normalized spacial score (nSPS) is 19.3. The van der Waals surface area contributed by atoms with E-state index >= 15 is 0 Å². The molecule has 0 saturated carbocycles. The molecule has 1 aliphatic heterocycles. The maximum Gasteiger partial charge on any atom is 0.305 e. The first kappa shape index (κ1) is 67.6. The summed E-state index contributed by atoms with van der Waals surface area (Å²) in [4.78, 5) is 25.1. The minimum Gasteiger partial charge on any atom is -0.466 e. The first-order valence-corrected chi connectivity index (χ1v) is 29.9. The largest absolute Gasteiger partial charge is 0.466 e. The molecule has 0 aromatic carbocycles. The van der Waals surface area contributed by atoms with Crippen LogP contribution in [0.1, 0.15) is 264 Å². The van der Waals surface area contributed by atoms with Crippen molar-refractivity contribution < 1.29 is 49.3 Å². The smallest absolute Gasteiger partial charge is 0.305 e. The molecule has 0 spiro atoms. The number of carbonyl (C=O) groups excluding carboxylic acids is 2. The summed E-state index contributed by atoms with van der Waals surface area (Å²) in [7, 11) is 0. The molecule has 1 amide bonds. The molecule has 7 atom stereocenters. The molecular weight excluding hydrogens is 907 g/mol.